The molecule has 0 aliphatic rings. The summed E-state index contributed by atoms with van der Waals surface area (Å²) in [6.45, 7) is 2.29. The molecule has 1 N–H and O–H groups in total. The lowest BCUT2D eigenvalue weighted by molar-refractivity contribution is 0.247. The molecule has 0 saturated heterocycles. The molecule has 0 bridgehead atoms. The maximum absolute atomic E-state index is 11.3. The summed E-state index contributed by atoms with van der Waals surface area (Å²) in [5.74, 6) is 0. The van der Waals surface area contributed by atoms with Crippen LogP contribution in [0.25, 0.3) is 0 Å². The predicted octanol–water partition coefficient (Wildman–Crippen LogP) is 1.90. The van der Waals surface area contributed by atoms with Crippen LogP contribution in [0.15, 0.2) is 35.6 Å². The maximum Gasteiger partial charge on any atom is 0.344 e. The second-order valence-corrected chi connectivity index (χ2v) is 2.59. The van der Waals surface area contributed by atoms with Crippen LogP contribution in [0.3, 0.4) is 0 Å². The molecule has 0 radical (unpaired) electrons. The molecule has 0 saturated carbocycles. The van der Waals surface area contributed by atoms with Gasteiger partial charge in [-0.05, 0) is 19.1 Å². The highest BCUT2D eigenvalue weighted by atomic mass is 16.3. The number of urea groups is 1. The molecule has 0 fully saturated rings. The zero-order chi connectivity index (χ0) is 10.4. The van der Waals surface area contributed by atoms with E-state index in [0.29, 0.717) is 6.54 Å². The van der Waals surface area contributed by atoms with Gasteiger partial charge in [0.05, 0.1) is 5.29 Å². The van der Waals surface area contributed by atoms with Crippen LogP contribution in [-0.4, -0.2) is 12.6 Å². The summed E-state index contributed by atoms with van der Waals surface area (Å²) >= 11 is 0. The Labute approximate surface area is 81.7 Å². The quantitative estimate of drug-likeness (QED) is 0.588. The standard InChI is InChI=1S/C9H11N3O2/c1-2-12(9(13)10-11-14)8-6-4-3-5-7-8/h3-7H,2H2,1H3,(H,10,13,14). The largest absolute Gasteiger partial charge is 0.344 e. The molecule has 1 aromatic carbocycles. The monoisotopic (exact) mass is 193 g/mol. The second kappa shape index (κ2) is 4.96. The van der Waals surface area contributed by atoms with Crippen LogP contribution >= 0.6 is 0 Å². The van der Waals surface area contributed by atoms with Crippen molar-refractivity contribution < 1.29 is 4.79 Å². The van der Waals surface area contributed by atoms with Gasteiger partial charge in [-0.2, -0.15) is 5.43 Å². The van der Waals surface area contributed by atoms with Gasteiger partial charge in [-0.1, -0.05) is 18.2 Å². The van der Waals surface area contributed by atoms with E-state index in [9.17, 15) is 9.70 Å². The zero-order valence-corrected chi connectivity index (χ0v) is 7.80. The van der Waals surface area contributed by atoms with Crippen molar-refractivity contribution in [3.63, 3.8) is 0 Å². The first kappa shape index (κ1) is 10.2. The van der Waals surface area contributed by atoms with Crippen molar-refractivity contribution in [2.45, 2.75) is 6.92 Å². The third kappa shape index (κ3) is 2.29. The number of nitroso groups, excluding NO2 is 1. The van der Waals surface area contributed by atoms with Crippen molar-refractivity contribution >= 4 is 11.7 Å². The Morgan fingerprint density at radius 1 is 1.43 bits per heavy atom. The van der Waals surface area contributed by atoms with Gasteiger partial charge >= 0.3 is 6.03 Å². The third-order valence-electron chi connectivity index (χ3n) is 1.77. The van der Waals surface area contributed by atoms with E-state index in [4.69, 9.17) is 0 Å². The summed E-state index contributed by atoms with van der Waals surface area (Å²) in [5.41, 5.74) is 2.58. The normalized spacial score (nSPS) is 9.21. The van der Waals surface area contributed by atoms with E-state index in [1.54, 1.807) is 12.1 Å². The molecule has 0 spiro atoms. The average Bonchev–Trinajstić information content (AvgIpc) is 2.21. The van der Waals surface area contributed by atoms with E-state index >= 15 is 0 Å². The Morgan fingerprint density at radius 3 is 2.57 bits per heavy atom. The van der Waals surface area contributed by atoms with E-state index in [-0.39, 0.29) is 0 Å². The fraction of sp³-hybridized carbons (Fsp3) is 0.222. The summed E-state index contributed by atoms with van der Waals surface area (Å²) in [5, 5.41) is 2.34. The minimum atomic E-state index is -0.520. The summed E-state index contributed by atoms with van der Waals surface area (Å²) in [7, 11) is 0. The van der Waals surface area contributed by atoms with Crippen LogP contribution in [0, 0.1) is 4.91 Å². The Hall–Kier alpha value is -1.91. The number of anilines is 1. The van der Waals surface area contributed by atoms with E-state index in [0.717, 1.165) is 5.69 Å². The number of carbonyl (C=O) groups is 1. The van der Waals surface area contributed by atoms with E-state index in [1.165, 1.54) is 4.90 Å². The van der Waals surface area contributed by atoms with E-state index in [2.05, 4.69) is 5.29 Å². The molecule has 0 aliphatic carbocycles. The molecule has 1 rings (SSSR count). The lowest BCUT2D eigenvalue weighted by Gasteiger charge is -2.18. The Balaban J connectivity index is 2.82. The van der Waals surface area contributed by atoms with E-state index in [1.807, 2.05) is 30.5 Å². The lowest BCUT2D eigenvalue weighted by atomic mass is 10.3. The highest BCUT2D eigenvalue weighted by Crippen LogP contribution is 2.12. The van der Waals surface area contributed by atoms with Crippen LogP contribution < -0.4 is 10.3 Å². The zero-order valence-electron chi connectivity index (χ0n) is 7.80. The molecule has 5 nitrogen and oxygen atoms in total. The minimum absolute atomic E-state index is 0.478. The molecule has 1 aromatic rings. The number of hydrogen-bond acceptors (Lipinski definition) is 3. The maximum atomic E-state index is 11.3. The number of benzene rings is 1. The molecule has 0 atom stereocenters. The molecular formula is C9H11N3O2. The van der Waals surface area contributed by atoms with Crippen molar-refractivity contribution in [3.8, 4) is 0 Å². The van der Waals surface area contributed by atoms with Crippen molar-refractivity contribution in [2.75, 3.05) is 11.4 Å². The summed E-state index contributed by atoms with van der Waals surface area (Å²) in [6, 6.07) is 8.54. The Bertz CT molecular complexity index is 313. The topological polar surface area (TPSA) is 61.8 Å². The smallest absolute Gasteiger partial charge is 0.293 e. The first-order valence-electron chi connectivity index (χ1n) is 4.24. The first-order chi connectivity index (χ1) is 6.79. The number of amides is 2. The lowest BCUT2D eigenvalue weighted by Crippen LogP contribution is -2.37. The van der Waals surface area contributed by atoms with Gasteiger partial charge in [0.2, 0.25) is 0 Å². The average molecular weight is 193 g/mol. The molecule has 0 aromatic heterocycles. The molecule has 0 aliphatic heterocycles. The van der Waals surface area contributed by atoms with Crippen molar-refractivity contribution in [3.05, 3.63) is 35.2 Å². The van der Waals surface area contributed by atoms with Crippen LogP contribution in [-0.2, 0) is 0 Å². The van der Waals surface area contributed by atoms with Gasteiger partial charge in [-0.25, -0.2) is 4.79 Å². The fourth-order valence-corrected chi connectivity index (χ4v) is 1.15. The number of rotatable bonds is 3. The highest BCUT2D eigenvalue weighted by molar-refractivity contribution is 5.91. The Kier molecular flexibility index (Phi) is 3.60. The van der Waals surface area contributed by atoms with E-state index < -0.39 is 6.03 Å². The number of hydrogen-bond donors (Lipinski definition) is 1. The van der Waals surface area contributed by atoms with Gasteiger partial charge in [0, 0.05) is 12.2 Å². The molecule has 0 heterocycles. The van der Waals surface area contributed by atoms with Crippen LogP contribution in [0.5, 0.6) is 0 Å². The highest BCUT2D eigenvalue weighted by Gasteiger charge is 2.12. The molecule has 74 valence electrons. The number of nitrogens with zero attached hydrogens (tertiary/aromatic N) is 2. The first-order valence-corrected chi connectivity index (χ1v) is 4.24. The van der Waals surface area contributed by atoms with Crippen molar-refractivity contribution in [1.82, 2.24) is 5.43 Å². The van der Waals surface area contributed by atoms with Gasteiger partial charge in [0.25, 0.3) is 0 Å². The predicted molar refractivity (Wildman–Crippen MR) is 53.8 cm³/mol. The number of carbonyl (C=O) groups excluding carboxylic acids is 1. The van der Waals surface area contributed by atoms with Gasteiger partial charge in [-0.15, -0.1) is 4.91 Å². The number of para-hydroxylation sites is 1. The molecule has 0 unspecified atom stereocenters. The molecule has 2 amide bonds. The summed E-state index contributed by atoms with van der Waals surface area (Å²) < 4.78 is 0. The fourth-order valence-electron chi connectivity index (χ4n) is 1.15. The minimum Gasteiger partial charge on any atom is -0.293 e. The third-order valence-corrected chi connectivity index (χ3v) is 1.77. The summed E-state index contributed by atoms with van der Waals surface area (Å²) in [4.78, 5) is 22.6. The Morgan fingerprint density at radius 2 is 2.07 bits per heavy atom. The summed E-state index contributed by atoms with van der Waals surface area (Å²) in [6.07, 6.45) is 0. The van der Waals surface area contributed by atoms with Crippen molar-refractivity contribution in [2.24, 2.45) is 5.29 Å². The van der Waals surface area contributed by atoms with Crippen LogP contribution in [0.2, 0.25) is 0 Å². The SMILES string of the molecule is CCN(C(=O)NN=O)c1ccccc1. The van der Waals surface area contributed by atoms with Crippen molar-refractivity contribution in [1.29, 1.82) is 0 Å². The van der Waals surface area contributed by atoms with Crippen LogP contribution in [0.4, 0.5) is 10.5 Å². The van der Waals surface area contributed by atoms with Gasteiger partial charge < -0.3 is 0 Å². The number of nitrogens with one attached hydrogen (secondary N) is 1. The molecular weight excluding hydrogens is 182 g/mol. The van der Waals surface area contributed by atoms with Gasteiger partial charge in [0.15, 0.2) is 0 Å². The molecule has 5 heteroatoms. The van der Waals surface area contributed by atoms with Gasteiger partial charge in [-0.3, -0.25) is 4.90 Å². The van der Waals surface area contributed by atoms with Gasteiger partial charge in [0.1, 0.15) is 0 Å². The van der Waals surface area contributed by atoms with Crippen LogP contribution in [0.1, 0.15) is 6.92 Å². The molecule has 14 heavy (non-hydrogen) atoms. The second-order valence-electron chi connectivity index (χ2n) is 2.59.